The second kappa shape index (κ2) is 5.96. The molecule has 0 aromatic carbocycles. The Kier molecular flexibility index (Phi) is 4.31. The number of amides is 1. The number of nitrogens with zero attached hydrogens (tertiary/aromatic N) is 1. The van der Waals surface area contributed by atoms with Gasteiger partial charge in [-0.2, -0.15) is 0 Å². The van der Waals surface area contributed by atoms with Crippen molar-refractivity contribution in [2.45, 2.75) is 6.04 Å². The number of nitrogens with one attached hydrogen (secondary N) is 1. The van der Waals surface area contributed by atoms with Crippen molar-refractivity contribution >= 4 is 33.1 Å². The molecule has 4 N–H and O–H groups in total. The maximum Gasteiger partial charge on any atom is 0.263 e. The van der Waals surface area contributed by atoms with Crippen LogP contribution in [-0.4, -0.2) is 42.4 Å². The highest BCUT2D eigenvalue weighted by Crippen LogP contribution is 2.31. The van der Waals surface area contributed by atoms with Gasteiger partial charge in [0, 0.05) is 13.3 Å². The highest BCUT2D eigenvalue weighted by molar-refractivity contribution is 7.21. The number of carbonyl (C=O) groups excluding carboxylic acids is 1. The lowest BCUT2D eigenvalue weighted by molar-refractivity contribution is 0.0844. The summed E-state index contributed by atoms with van der Waals surface area (Å²) in [4.78, 5) is 16.7. The molecule has 0 aliphatic carbocycles. The fraction of sp³-hybridized carbons (Fsp3) is 0.333. The summed E-state index contributed by atoms with van der Waals surface area (Å²) in [6, 6.07) is 3.20. The van der Waals surface area contributed by atoms with E-state index >= 15 is 0 Å². The quantitative estimate of drug-likeness (QED) is 0.746. The maximum atomic E-state index is 12.1. The first kappa shape index (κ1) is 13.7. The van der Waals surface area contributed by atoms with Crippen molar-refractivity contribution in [2.24, 2.45) is 0 Å². The number of anilines is 1. The topological polar surface area (TPSA) is 97.5 Å². The Labute approximate surface area is 114 Å². The average molecular weight is 281 g/mol. The van der Waals surface area contributed by atoms with E-state index in [0.717, 1.165) is 4.70 Å². The van der Waals surface area contributed by atoms with Gasteiger partial charge < -0.3 is 20.9 Å². The zero-order valence-electron chi connectivity index (χ0n) is 10.4. The van der Waals surface area contributed by atoms with Gasteiger partial charge >= 0.3 is 0 Å². The normalized spacial score (nSPS) is 12.5. The van der Waals surface area contributed by atoms with Crippen LogP contribution in [0.1, 0.15) is 9.67 Å². The van der Waals surface area contributed by atoms with Gasteiger partial charge in [-0.1, -0.05) is 0 Å². The van der Waals surface area contributed by atoms with Crippen molar-refractivity contribution in [1.29, 1.82) is 0 Å². The summed E-state index contributed by atoms with van der Waals surface area (Å²) in [5.74, 6) is -0.323. The van der Waals surface area contributed by atoms with E-state index in [-0.39, 0.29) is 19.1 Å². The van der Waals surface area contributed by atoms with Gasteiger partial charge in [-0.3, -0.25) is 9.78 Å². The first-order valence-corrected chi connectivity index (χ1v) is 6.52. The Balaban J connectivity index is 2.24. The summed E-state index contributed by atoms with van der Waals surface area (Å²) >= 11 is 1.28. The molecule has 0 spiro atoms. The molecular weight excluding hydrogens is 266 g/mol. The molecule has 1 atom stereocenters. The molecule has 0 bridgehead atoms. The van der Waals surface area contributed by atoms with Crippen molar-refractivity contribution in [2.75, 3.05) is 26.1 Å². The fourth-order valence-corrected chi connectivity index (χ4v) is 2.69. The maximum absolute atomic E-state index is 12.1. The van der Waals surface area contributed by atoms with Crippen LogP contribution in [-0.2, 0) is 4.74 Å². The van der Waals surface area contributed by atoms with Crippen LogP contribution in [0.3, 0.4) is 0 Å². The smallest absolute Gasteiger partial charge is 0.263 e. The van der Waals surface area contributed by atoms with Crippen molar-refractivity contribution < 1.29 is 14.6 Å². The molecule has 102 valence electrons. The largest absolute Gasteiger partial charge is 0.396 e. The molecule has 0 saturated heterocycles. The van der Waals surface area contributed by atoms with Gasteiger partial charge in [0.1, 0.15) is 10.4 Å². The number of rotatable bonds is 5. The molecule has 2 heterocycles. The number of aliphatic hydroxyl groups is 1. The summed E-state index contributed by atoms with van der Waals surface area (Å²) in [7, 11) is 1.51. The van der Waals surface area contributed by atoms with Crippen LogP contribution in [0.15, 0.2) is 18.3 Å². The Morgan fingerprint density at radius 3 is 3.11 bits per heavy atom. The molecule has 0 fully saturated rings. The van der Waals surface area contributed by atoms with Gasteiger partial charge in [0.2, 0.25) is 0 Å². The summed E-state index contributed by atoms with van der Waals surface area (Å²) in [6.07, 6.45) is 1.63. The number of ether oxygens (including phenoxy) is 1. The number of pyridine rings is 1. The third kappa shape index (κ3) is 2.83. The minimum atomic E-state index is -0.449. The highest BCUT2D eigenvalue weighted by atomic mass is 32.1. The highest BCUT2D eigenvalue weighted by Gasteiger charge is 2.19. The summed E-state index contributed by atoms with van der Waals surface area (Å²) in [5, 5.41) is 11.8. The molecule has 6 nitrogen and oxygen atoms in total. The van der Waals surface area contributed by atoms with Crippen LogP contribution in [0.25, 0.3) is 10.2 Å². The van der Waals surface area contributed by atoms with E-state index in [2.05, 4.69) is 10.3 Å². The van der Waals surface area contributed by atoms with Crippen LogP contribution in [0, 0.1) is 0 Å². The van der Waals surface area contributed by atoms with E-state index in [0.29, 0.717) is 16.1 Å². The second-order valence-corrected chi connectivity index (χ2v) is 5.06. The fourth-order valence-electron chi connectivity index (χ4n) is 1.71. The van der Waals surface area contributed by atoms with Crippen molar-refractivity contribution in [3.63, 3.8) is 0 Å². The molecule has 0 radical (unpaired) electrons. The molecule has 2 aromatic rings. The van der Waals surface area contributed by atoms with Gasteiger partial charge in [0.25, 0.3) is 5.91 Å². The Morgan fingerprint density at radius 1 is 1.68 bits per heavy atom. The Bertz CT molecular complexity index is 585. The van der Waals surface area contributed by atoms with Gasteiger partial charge in [-0.05, 0) is 12.1 Å². The van der Waals surface area contributed by atoms with E-state index < -0.39 is 6.04 Å². The first-order valence-electron chi connectivity index (χ1n) is 5.71. The minimum Gasteiger partial charge on any atom is -0.396 e. The van der Waals surface area contributed by atoms with E-state index in [1.807, 2.05) is 6.07 Å². The van der Waals surface area contributed by atoms with Gasteiger partial charge in [-0.15, -0.1) is 11.3 Å². The van der Waals surface area contributed by atoms with Crippen LogP contribution in [0.5, 0.6) is 0 Å². The molecule has 0 saturated carbocycles. The predicted octanol–water partition coefficient (Wildman–Crippen LogP) is 0.616. The Hall–Kier alpha value is -1.70. The van der Waals surface area contributed by atoms with E-state index in [1.165, 1.54) is 18.4 Å². The zero-order chi connectivity index (χ0) is 13.8. The van der Waals surface area contributed by atoms with Gasteiger partial charge in [-0.25, -0.2) is 0 Å². The number of hydrogen-bond donors (Lipinski definition) is 3. The lowest BCUT2D eigenvalue weighted by Gasteiger charge is -2.14. The number of nitrogen functional groups attached to an aromatic ring is 1. The molecule has 1 amide bonds. The monoisotopic (exact) mass is 281 g/mol. The first-order chi connectivity index (χ1) is 9.17. The van der Waals surface area contributed by atoms with E-state index in [9.17, 15) is 4.79 Å². The molecule has 2 aromatic heterocycles. The third-order valence-electron chi connectivity index (χ3n) is 2.61. The number of thiophene rings is 1. The molecule has 0 aliphatic heterocycles. The van der Waals surface area contributed by atoms with Crippen molar-refractivity contribution in [3.8, 4) is 0 Å². The number of methoxy groups -OCH3 is 1. The number of aromatic nitrogens is 1. The minimum absolute atomic E-state index is 0.192. The standard InChI is InChI=1S/C12H15N3O3S/c1-18-6-7(5-16)15-12(17)11-9(13)10-8(19-11)3-2-4-14-10/h2-4,7,16H,5-6,13H2,1H3,(H,15,17). The van der Waals surface area contributed by atoms with Gasteiger partial charge in [0.05, 0.1) is 29.6 Å². The average Bonchev–Trinajstić information content (AvgIpc) is 2.76. The molecule has 7 heteroatoms. The number of fused-ring (bicyclic) bond motifs is 1. The van der Waals surface area contributed by atoms with Crippen LogP contribution < -0.4 is 11.1 Å². The lowest BCUT2D eigenvalue weighted by atomic mass is 10.3. The van der Waals surface area contributed by atoms with E-state index in [1.54, 1.807) is 12.3 Å². The zero-order valence-corrected chi connectivity index (χ0v) is 11.2. The summed E-state index contributed by atoms with van der Waals surface area (Å²) < 4.78 is 5.76. The summed E-state index contributed by atoms with van der Waals surface area (Å²) in [5.41, 5.74) is 6.92. The van der Waals surface area contributed by atoms with Crippen LogP contribution in [0.2, 0.25) is 0 Å². The van der Waals surface area contributed by atoms with Crippen molar-refractivity contribution in [1.82, 2.24) is 10.3 Å². The van der Waals surface area contributed by atoms with E-state index in [4.69, 9.17) is 15.6 Å². The number of nitrogens with two attached hydrogens (primary N) is 1. The molecule has 0 aliphatic rings. The number of carbonyl (C=O) groups is 1. The van der Waals surface area contributed by atoms with Crippen molar-refractivity contribution in [3.05, 3.63) is 23.2 Å². The predicted molar refractivity (Wildman–Crippen MR) is 74.2 cm³/mol. The second-order valence-electron chi connectivity index (χ2n) is 4.00. The summed E-state index contributed by atoms with van der Waals surface area (Å²) in [6.45, 7) is 0.0495. The van der Waals surface area contributed by atoms with Crippen LogP contribution in [0.4, 0.5) is 5.69 Å². The molecular formula is C12H15N3O3S. The van der Waals surface area contributed by atoms with Gasteiger partial charge in [0.15, 0.2) is 0 Å². The molecule has 2 rings (SSSR count). The Morgan fingerprint density at radius 2 is 2.47 bits per heavy atom. The number of hydrogen-bond acceptors (Lipinski definition) is 6. The number of aliphatic hydroxyl groups excluding tert-OH is 1. The molecule has 19 heavy (non-hydrogen) atoms. The third-order valence-corrected chi connectivity index (χ3v) is 3.77. The van der Waals surface area contributed by atoms with Crippen LogP contribution >= 0.6 is 11.3 Å². The SMILES string of the molecule is COCC(CO)NC(=O)c1sc2cccnc2c1N. The molecule has 1 unspecified atom stereocenters. The lowest BCUT2D eigenvalue weighted by Crippen LogP contribution is -2.40.